The number of methoxy groups -OCH3 is 1. The van der Waals surface area contributed by atoms with Gasteiger partial charge in [0.15, 0.2) is 0 Å². The molecule has 1 N–H and O–H groups in total. The molecule has 5 aromatic rings. The van der Waals surface area contributed by atoms with Gasteiger partial charge in [0.1, 0.15) is 23.2 Å². The lowest BCUT2D eigenvalue weighted by Gasteiger charge is -2.14. The van der Waals surface area contributed by atoms with E-state index < -0.39 is 5.56 Å². The van der Waals surface area contributed by atoms with Gasteiger partial charge in [-0.1, -0.05) is 48.5 Å². The van der Waals surface area contributed by atoms with Gasteiger partial charge in [0.05, 0.1) is 18.5 Å². The van der Waals surface area contributed by atoms with E-state index >= 15 is 0 Å². The third kappa shape index (κ3) is 3.85. The number of anilines is 2. The third-order valence-electron chi connectivity index (χ3n) is 5.39. The number of benzene rings is 3. The van der Waals surface area contributed by atoms with Gasteiger partial charge in [-0.3, -0.25) is 4.79 Å². The molecule has 0 bridgehead atoms. The molecule has 0 saturated heterocycles. The maximum absolute atomic E-state index is 13.5. The Morgan fingerprint density at radius 3 is 2.21 bits per heavy atom. The van der Waals surface area contributed by atoms with Gasteiger partial charge in [0.2, 0.25) is 5.78 Å². The highest BCUT2D eigenvalue weighted by molar-refractivity contribution is 5.72. The van der Waals surface area contributed by atoms with Gasteiger partial charge < -0.3 is 10.1 Å². The number of fused-ring (bicyclic) bond motifs is 1. The van der Waals surface area contributed by atoms with Crippen LogP contribution in [0.4, 0.5) is 11.5 Å². The fourth-order valence-corrected chi connectivity index (χ4v) is 3.71. The topological polar surface area (TPSA) is 92.3 Å². The molecule has 5 rings (SSSR count). The van der Waals surface area contributed by atoms with Crippen LogP contribution in [-0.4, -0.2) is 21.5 Å². The summed E-state index contributed by atoms with van der Waals surface area (Å²) in [5, 5.41) is 13.1. The van der Waals surface area contributed by atoms with Crippen LogP contribution in [0.3, 0.4) is 0 Å². The number of hydrogen-bond donors (Lipinski definition) is 1. The Hall–Kier alpha value is -4.96. The van der Waals surface area contributed by atoms with Crippen molar-refractivity contribution in [2.24, 2.45) is 0 Å². The van der Waals surface area contributed by atoms with E-state index in [9.17, 15) is 10.1 Å². The van der Waals surface area contributed by atoms with Crippen LogP contribution in [-0.2, 0) is 0 Å². The number of nitrogens with one attached hydrogen (secondary N) is 1. The number of rotatable bonds is 5. The molecule has 0 unspecified atom stereocenters. The quantitative estimate of drug-likeness (QED) is 0.407. The summed E-state index contributed by atoms with van der Waals surface area (Å²) < 4.78 is 6.56. The second-order valence-electron chi connectivity index (χ2n) is 7.50. The number of aromatic nitrogens is 3. The molecular weight excluding hydrogens is 426 g/mol. The van der Waals surface area contributed by atoms with Crippen LogP contribution in [0.15, 0.2) is 95.8 Å². The lowest BCUT2D eigenvalue weighted by molar-refractivity contribution is 0.415. The summed E-state index contributed by atoms with van der Waals surface area (Å²) in [6.45, 7) is 0. The summed E-state index contributed by atoms with van der Waals surface area (Å²) in [6, 6.07) is 30.0. The number of hydrogen-bond acceptors (Lipinski definition) is 6. The van der Waals surface area contributed by atoms with E-state index in [0.717, 1.165) is 11.3 Å². The summed E-state index contributed by atoms with van der Waals surface area (Å²) in [5.74, 6) is 1.32. The molecule has 0 aliphatic carbocycles. The molecule has 3 aromatic carbocycles. The van der Waals surface area contributed by atoms with Gasteiger partial charge in [-0.25, -0.2) is 14.4 Å². The zero-order chi connectivity index (χ0) is 23.5. The molecular formula is C27H19N5O2. The van der Waals surface area contributed by atoms with Crippen molar-refractivity contribution in [1.29, 1.82) is 5.26 Å². The SMILES string of the molecule is COc1ccc(-c2nc3nc(-c4ccccc4)cc(Nc4ccccc4)n3c(=O)c2C#N)cc1. The van der Waals surface area contributed by atoms with Crippen LogP contribution in [0.25, 0.3) is 28.3 Å². The lowest BCUT2D eigenvalue weighted by Crippen LogP contribution is -2.23. The van der Waals surface area contributed by atoms with E-state index in [4.69, 9.17) is 4.74 Å². The summed E-state index contributed by atoms with van der Waals surface area (Å²) in [5.41, 5.74) is 2.66. The van der Waals surface area contributed by atoms with Crippen molar-refractivity contribution in [3.8, 4) is 34.3 Å². The van der Waals surface area contributed by atoms with E-state index in [1.807, 2.05) is 66.7 Å². The van der Waals surface area contributed by atoms with Crippen LogP contribution in [0.1, 0.15) is 5.56 Å². The van der Waals surface area contributed by atoms with Crippen molar-refractivity contribution in [2.45, 2.75) is 0 Å². The van der Waals surface area contributed by atoms with Gasteiger partial charge in [-0.2, -0.15) is 5.26 Å². The number of ether oxygens (including phenoxy) is 1. The van der Waals surface area contributed by atoms with E-state index in [1.54, 1.807) is 37.4 Å². The average molecular weight is 445 g/mol. The van der Waals surface area contributed by atoms with Crippen LogP contribution in [0.2, 0.25) is 0 Å². The minimum absolute atomic E-state index is 0.0620. The van der Waals surface area contributed by atoms with E-state index in [0.29, 0.717) is 22.8 Å². The standard InChI is InChI=1S/C27H19N5O2/c1-34-21-14-12-19(13-15-21)25-22(17-28)26(33)32-24(29-20-10-6-3-7-11-20)16-23(30-27(32)31-25)18-8-4-2-5-9-18/h2-16,29H,1H3. The maximum Gasteiger partial charge on any atom is 0.279 e. The van der Waals surface area contributed by atoms with Crippen molar-refractivity contribution in [1.82, 2.24) is 14.4 Å². The van der Waals surface area contributed by atoms with Gasteiger partial charge in [-0.15, -0.1) is 0 Å². The Kier molecular flexibility index (Phi) is 5.46. The minimum Gasteiger partial charge on any atom is -0.497 e. The minimum atomic E-state index is -0.496. The van der Waals surface area contributed by atoms with Crippen LogP contribution < -0.4 is 15.6 Å². The van der Waals surface area contributed by atoms with E-state index in [1.165, 1.54) is 4.40 Å². The van der Waals surface area contributed by atoms with Crippen molar-refractivity contribution in [3.05, 3.63) is 107 Å². The molecule has 0 aliphatic heterocycles. The summed E-state index contributed by atoms with van der Waals surface area (Å²) in [4.78, 5) is 22.9. The van der Waals surface area contributed by atoms with Crippen LogP contribution >= 0.6 is 0 Å². The molecule has 0 saturated carbocycles. The molecule has 0 radical (unpaired) electrons. The fraction of sp³-hybridized carbons (Fsp3) is 0.0370. The zero-order valence-electron chi connectivity index (χ0n) is 18.3. The van der Waals surface area contributed by atoms with E-state index in [2.05, 4.69) is 15.3 Å². The Labute approximate surface area is 195 Å². The van der Waals surface area contributed by atoms with Crippen LogP contribution in [0, 0.1) is 11.3 Å². The van der Waals surface area contributed by atoms with Crippen molar-refractivity contribution in [2.75, 3.05) is 12.4 Å². The Morgan fingerprint density at radius 2 is 1.56 bits per heavy atom. The molecule has 7 heteroatoms. The monoisotopic (exact) mass is 445 g/mol. The first-order chi connectivity index (χ1) is 16.7. The maximum atomic E-state index is 13.5. The number of para-hydroxylation sites is 1. The summed E-state index contributed by atoms with van der Waals surface area (Å²) in [6.07, 6.45) is 0. The Bertz CT molecular complexity index is 1570. The number of nitriles is 1. The molecule has 34 heavy (non-hydrogen) atoms. The lowest BCUT2D eigenvalue weighted by atomic mass is 10.1. The predicted molar refractivity (Wildman–Crippen MR) is 131 cm³/mol. The summed E-state index contributed by atoms with van der Waals surface area (Å²) in [7, 11) is 1.58. The smallest absolute Gasteiger partial charge is 0.279 e. The second kappa shape index (κ2) is 8.88. The normalized spacial score (nSPS) is 10.6. The molecule has 7 nitrogen and oxygen atoms in total. The first kappa shape index (κ1) is 20.9. The Balaban J connectivity index is 1.79. The highest BCUT2D eigenvalue weighted by atomic mass is 16.5. The van der Waals surface area contributed by atoms with E-state index in [-0.39, 0.29) is 17.0 Å². The molecule has 0 atom stereocenters. The molecule has 0 spiro atoms. The molecule has 0 aliphatic rings. The third-order valence-corrected chi connectivity index (χ3v) is 5.39. The fourth-order valence-electron chi connectivity index (χ4n) is 3.71. The first-order valence-corrected chi connectivity index (χ1v) is 10.6. The van der Waals surface area contributed by atoms with Crippen molar-refractivity contribution in [3.63, 3.8) is 0 Å². The molecule has 0 fully saturated rings. The predicted octanol–water partition coefficient (Wildman–Crippen LogP) is 5.05. The van der Waals surface area contributed by atoms with Gasteiger partial charge in [0, 0.05) is 22.9 Å². The largest absolute Gasteiger partial charge is 0.497 e. The van der Waals surface area contributed by atoms with Crippen molar-refractivity contribution >= 4 is 17.3 Å². The number of nitrogens with zero attached hydrogens (tertiary/aromatic N) is 4. The Morgan fingerprint density at radius 1 is 0.882 bits per heavy atom. The van der Waals surface area contributed by atoms with Crippen molar-refractivity contribution < 1.29 is 4.74 Å². The average Bonchev–Trinajstić information content (AvgIpc) is 2.89. The molecule has 2 heterocycles. The molecule has 0 amide bonds. The second-order valence-corrected chi connectivity index (χ2v) is 7.50. The van der Waals surface area contributed by atoms with Gasteiger partial charge in [0.25, 0.3) is 5.56 Å². The van der Waals surface area contributed by atoms with Gasteiger partial charge >= 0.3 is 0 Å². The highest BCUT2D eigenvalue weighted by Gasteiger charge is 2.19. The summed E-state index contributed by atoms with van der Waals surface area (Å²) >= 11 is 0. The van der Waals surface area contributed by atoms with Crippen LogP contribution in [0.5, 0.6) is 5.75 Å². The highest BCUT2D eigenvalue weighted by Crippen LogP contribution is 2.27. The zero-order valence-corrected chi connectivity index (χ0v) is 18.3. The van der Waals surface area contributed by atoms with Gasteiger partial charge in [-0.05, 0) is 36.4 Å². The molecule has 2 aromatic heterocycles. The molecule has 164 valence electrons. The first-order valence-electron chi connectivity index (χ1n) is 10.6.